The fourth-order valence-electron chi connectivity index (χ4n) is 3.07. The van der Waals surface area contributed by atoms with Crippen molar-refractivity contribution in [3.63, 3.8) is 0 Å². The van der Waals surface area contributed by atoms with E-state index in [1.54, 1.807) is 7.11 Å². The number of methoxy groups -OCH3 is 1. The van der Waals surface area contributed by atoms with Gasteiger partial charge in [-0.3, -0.25) is 0 Å². The van der Waals surface area contributed by atoms with Gasteiger partial charge in [0.25, 0.3) is 0 Å². The molecule has 19 heavy (non-hydrogen) atoms. The highest BCUT2D eigenvalue weighted by Gasteiger charge is 2.27. The lowest BCUT2D eigenvalue weighted by molar-refractivity contribution is 0.187. The minimum absolute atomic E-state index is 0.334. The van der Waals surface area contributed by atoms with Crippen molar-refractivity contribution in [3.05, 3.63) is 30.1 Å². The molecule has 3 rings (SSSR count). The largest absolute Gasteiger partial charge is 0.383 e. The number of nitrogens with zero attached hydrogens (tertiary/aromatic N) is 2. The zero-order chi connectivity index (χ0) is 13.2. The lowest BCUT2D eigenvalue weighted by Gasteiger charge is -2.13. The molecule has 1 heterocycles. The minimum Gasteiger partial charge on any atom is -0.383 e. The van der Waals surface area contributed by atoms with Gasteiger partial charge in [0.2, 0.25) is 0 Å². The third-order valence-electron chi connectivity index (χ3n) is 4.04. The van der Waals surface area contributed by atoms with Crippen LogP contribution in [0.1, 0.15) is 31.0 Å². The van der Waals surface area contributed by atoms with Crippen molar-refractivity contribution in [1.29, 1.82) is 0 Å². The zero-order valence-electron chi connectivity index (χ0n) is 11.4. The van der Waals surface area contributed by atoms with Gasteiger partial charge in [0, 0.05) is 25.6 Å². The molecular formula is C15H21N3O. The second-order valence-electron chi connectivity index (χ2n) is 5.37. The first-order valence-electron chi connectivity index (χ1n) is 6.99. The summed E-state index contributed by atoms with van der Waals surface area (Å²) in [5, 5.41) is 0. The van der Waals surface area contributed by atoms with Gasteiger partial charge in [-0.05, 0) is 31.4 Å². The molecule has 0 spiro atoms. The maximum Gasteiger partial charge on any atom is 0.113 e. The molecule has 0 radical (unpaired) electrons. The summed E-state index contributed by atoms with van der Waals surface area (Å²) in [5.41, 5.74) is 8.33. The molecule has 2 atom stereocenters. The number of rotatable bonds is 4. The van der Waals surface area contributed by atoms with E-state index in [2.05, 4.69) is 22.8 Å². The van der Waals surface area contributed by atoms with Crippen molar-refractivity contribution in [2.24, 2.45) is 5.73 Å². The molecule has 4 nitrogen and oxygen atoms in total. The minimum atomic E-state index is 0.334. The molecule has 1 aromatic heterocycles. The second kappa shape index (κ2) is 5.31. The number of ether oxygens (including phenoxy) is 1. The zero-order valence-corrected chi connectivity index (χ0v) is 11.4. The maximum absolute atomic E-state index is 6.05. The SMILES string of the molecule is COCCn1c([C@@H]2CC[C@H](N)C2)nc2ccccc21. The maximum atomic E-state index is 6.05. The highest BCUT2D eigenvalue weighted by atomic mass is 16.5. The van der Waals surface area contributed by atoms with Crippen molar-refractivity contribution in [1.82, 2.24) is 9.55 Å². The van der Waals surface area contributed by atoms with Gasteiger partial charge in [-0.2, -0.15) is 0 Å². The van der Waals surface area contributed by atoms with Gasteiger partial charge in [0.05, 0.1) is 17.6 Å². The van der Waals surface area contributed by atoms with E-state index >= 15 is 0 Å². The van der Waals surface area contributed by atoms with Crippen LogP contribution in [-0.2, 0) is 11.3 Å². The van der Waals surface area contributed by atoms with Crippen LogP contribution in [0.5, 0.6) is 0 Å². The van der Waals surface area contributed by atoms with Gasteiger partial charge in [-0.25, -0.2) is 4.98 Å². The number of nitrogens with two attached hydrogens (primary N) is 1. The van der Waals surface area contributed by atoms with Gasteiger partial charge >= 0.3 is 0 Å². The molecule has 0 amide bonds. The lowest BCUT2D eigenvalue weighted by atomic mass is 10.1. The smallest absolute Gasteiger partial charge is 0.113 e. The van der Waals surface area contributed by atoms with E-state index in [4.69, 9.17) is 15.5 Å². The van der Waals surface area contributed by atoms with Crippen LogP contribution in [0, 0.1) is 0 Å². The summed E-state index contributed by atoms with van der Waals surface area (Å²) in [6, 6.07) is 8.66. The number of aromatic nitrogens is 2. The topological polar surface area (TPSA) is 53.1 Å². The molecule has 1 aliphatic carbocycles. The number of imidazole rings is 1. The summed E-state index contributed by atoms with van der Waals surface area (Å²) < 4.78 is 7.54. The molecule has 0 unspecified atom stereocenters. The summed E-state index contributed by atoms with van der Waals surface area (Å²) in [7, 11) is 1.74. The normalized spacial score (nSPS) is 23.3. The molecule has 2 aromatic rings. The van der Waals surface area contributed by atoms with Crippen LogP contribution in [0.25, 0.3) is 11.0 Å². The number of para-hydroxylation sites is 2. The highest BCUT2D eigenvalue weighted by Crippen LogP contribution is 2.34. The van der Waals surface area contributed by atoms with Gasteiger partial charge < -0.3 is 15.0 Å². The van der Waals surface area contributed by atoms with E-state index in [0.717, 1.165) is 31.3 Å². The van der Waals surface area contributed by atoms with Gasteiger partial charge in [-0.15, -0.1) is 0 Å². The standard InChI is InChI=1S/C15H21N3O/c1-19-9-8-18-14-5-3-2-4-13(14)17-15(18)11-6-7-12(16)10-11/h2-5,11-12H,6-10,16H2,1H3/t11-,12+/m1/s1. The molecule has 0 saturated heterocycles. The third kappa shape index (κ3) is 2.38. The Morgan fingerprint density at radius 2 is 2.21 bits per heavy atom. The Labute approximate surface area is 113 Å². The van der Waals surface area contributed by atoms with Gasteiger partial charge in [0.1, 0.15) is 5.82 Å². The van der Waals surface area contributed by atoms with Crippen molar-refractivity contribution in [2.75, 3.05) is 13.7 Å². The molecule has 1 fully saturated rings. The van der Waals surface area contributed by atoms with Crippen molar-refractivity contribution >= 4 is 11.0 Å². The monoisotopic (exact) mass is 259 g/mol. The van der Waals surface area contributed by atoms with E-state index in [1.807, 2.05) is 6.07 Å². The summed E-state index contributed by atoms with van der Waals surface area (Å²) in [6.45, 7) is 1.57. The Bertz CT molecular complexity index is 564. The Hall–Kier alpha value is -1.39. The van der Waals surface area contributed by atoms with E-state index in [9.17, 15) is 0 Å². The predicted molar refractivity (Wildman–Crippen MR) is 76.2 cm³/mol. The summed E-state index contributed by atoms with van der Waals surface area (Å²) >= 11 is 0. The molecule has 4 heteroatoms. The summed E-state index contributed by atoms with van der Waals surface area (Å²) in [4.78, 5) is 4.83. The predicted octanol–water partition coefficient (Wildman–Crippen LogP) is 2.28. The first-order valence-corrected chi connectivity index (χ1v) is 6.99. The van der Waals surface area contributed by atoms with Crippen LogP contribution in [0.2, 0.25) is 0 Å². The first kappa shape index (κ1) is 12.6. The van der Waals surface area contributed by atoms with E-state index < -0.39 is 0 Å². The van der Waals surface area contributed by atoms with Crippen molar-refractivity contribution in [3.8, 4) is 0 Å². The van der Waals surface area contributed by atoms with Gasteiger partial charge in [0.15, 0.2) is 0 Å². The van der Waals surface area contributed by atoms with Crippen LogP contribution >= 0.6 is 0 Å². The molecule has 1 aromatic carbocycles. The summed E-state index contributed by atoms with van der Waals surface area (Å²) in [5.74, 6) is 1.69. The van der Waals surface area contributed by atoms with Crippen LogP contribution in [0.4, 0.5) is 0 Å². The number of hydrogen-bond acceptors (Lipinski definition) is 3. The average molecular weight is 259 g/mol. The highest BCUT2D eigenvalue weighted by molar-refractivity contribution is 5.76. The van der Waals surface area contributed by atoms with Crippen LogP contribution in [0.15, 0.2) is 24.3 Å². The third-order valence-corrected chi connectivity index (χ3v) is 4.04. The molecular weight excluding hydrogens is 238 g/mol. The molecule has 2 N–H and O–H groups in total. The fraction of sp³-hybridized carbons (Fsp3) is 0.533. The quantitative estimate of drug-likeness (QED) is 0.916. The first-order chi connectivity index (χ1) is 9.29. The van der Waals surface area contributed by atoms with Crippen molar-refractivity contribution in [2.45, 2.75) is 37.8 Å². The lowest BCUT2D eigenvalue weighted by Crippen LogP contribution is -2.16. The van der Waals surface area contributed by atoms with E-state index in [0.29, 0.717) is 18.6 Å². The fourth-order valence-corrected chi connectivity index (χ4v) is 3.07. The Balaban J connectivity index is 2.01. The summed E-state index contributed by atoms with van der Waals surface area (Å²) in [6.07, 6.45) is 3.31. The Morgan fingerprint density at radius 3 is 2.95 bits per heavy atom. The Kier molecular flexibility index (Phi) is 3.53. The van der Waals surface area contributed by atoms with Crippen LogP contribution < -0.4 is 5.73 Å². The molecule has 1 saturated carbocycles. The second-order valence-corrected chi connectivity index (χ2v) is 5.37. The molecule has 1 aliphatic rings. The van der Waals surface area contributed by atoms with E-state index in [1.165, 1.54) is 11.3 Å². The molecule has 102 valence electrons. The average Bonchev–Trinajstić information content (AvgIpc) is 3.00. The van der Waals surface area contributed by atoms with Crippen molar-refractivity contribution < 1.29 is 4.74 Å². The van der Waals surface area contributed by atoms with E-state index in [-0.39, 0.29) is 0 Å². The number of fused-ring (bicyclic) bond motifs is 1. The molecule has 0 aliphatic heterocycles. The molecule has 0 bridgehead atoms. The van der Waals surface area contributed by atoms with Crippen LogP contribution in [-0.4, -0.2) is 29.3 Å². The van der Waals surface area contributed by atoms with Gasteiger partial charge in [-0.1, -0.05) is 12.1 Å². The van der Waals surface area contributed by atoms with Crippen LogP contribution in [0.3, 0.4) is 0 Å². The number of hydrogen-bond donors (Lipinski definition) is 1. The number of benzene rings is 1. The Morgan fingerprint density at radius 1 is 1.37 bits per heavy atom.